The van der Waals surface area contributed by atoms with Crippen molar-refractivity contribution >= 4 is 32.8 Å². The van der Waals surface area contributed by atoms with Gasteiger partial charge in [-0.1, -0.05) is 12.1 Å². The Hall–Kier alpha value is -2.98. The number of fused-ring (bicyclic) bond motifs is 1. The summed E-state index contributed by atoms with van der Waals surface area (Å²) in [6.45, 7) is 1.99. The van der Waals surface area contributed by atoms with Crippen LogP contribution in [0.4, 0.5) is 5.95 Å². The van der Waals surface area contributed by atoms with Crippen molar-refractivity contribution in [2.45, 2.75) is 51.2 Å². The molecular formula is C23H30N6O3S. The van der Waals surface area contributed by atoms with Gasteiger partial charge in [-0.2, -0.15) is 4.98 Å². The fraction of sp³-hybridized carbons (Fsp3) is 0.435. The van der Waals surface area contributed by atoms with Crippen LogP contribution in [0.5, 0.6) is 0 Å². The van der Waals surface area contributed by atoms with Crippen LogP contribution in [-0.2, 0) is 21.4 Å². The summed E-state index contributed by atoms with van der Waals surface area (Å²) in [6, 6.07) is 10.2. The minimum Gasteiger partial charge on any atom is -0.352 e. The van der Waals surface area contributed by atoms with Gasteiger partial charge in [-0.05, 0) is 49.4 Å². The average molecular weight is 471 g/mol. The largest absolute Gasteiger partial charge is 0.352 e. The molecule has 2 aromatic heterocycles. The van der Waals surface area contributed by atoms with Gasteiger partial charge < -0.3 is 15.2 Å². The predicted molar refractivity (Wildman–Crippen MR) is 129 cm³/mol. The van der Waals surface area contributed by atoms with Crippen molar-refractivity contribution in [3.05, 3.63) is 48.3 Å². The van der Waals surface area contributed by atoms with Crippen molar-refractivity contribution in [2.75, 3.05) is 18.6 Å². The highest BCUT2D eigenvalue weighted by Gasteiger charge is 2.28. The maximum atomic E-state index is 11.8. The fourth-order valence-corrected chi connectivity index (χ4v) is 5.15. The summed E-state index contributed by atoms with van der Waals surface area (Å²) in [5.41, 5.74) is 2.05. The number of carbonyl (C=O) groups excluding carboxylic acids is 1. The number of hydrogen-bond donors (Lipinski definition) is 2. The first-order chi connectivity index (χ1) is 15.7. The first-order valence-electron chi connectivity index (χ1n) is 11.1. The lowest BCUT2D eigenvalue weighted by molar-refractivity contribution is -0.119. The van der Waals surface area contributed by atoms with Gasteiger partial charge in [0.15, 0.2) is 0 Å². The minimum atomic E-state index is -3.17. The SMILES string of the molecule is CC(=O)NCc1cccc2c1ccn2-c1ccnc(N[C@H]2CC[C@H](N(C)S(C)(=O)=O)CC2)n1. The molecule has 0 unspecified atom stereocenters. The van der Waals surface area contributed by atoms with Crippen LogP contribution < -0.4 is 10.6 Å². The first-order valence-corrected chi connectivity index (χ1v) is 12.9. The van der Waals surface area contributed by atoms with Crippen molar-refractivity contribution in [1.82, 2.24) is 24.2 Å². The van der Waals surface area contributed by atoms with Crippen molar-refractivity contribution in [3.63, 3.8) is 0 Å². The zero-order chi connectivity index (χ0) is 23.6. The number of anilines is 1. The molecule has 176 valence electrons. The van der Waals surface area contributed by atoms with Gasteiger partial charge in [0.2, 0.25) is 21.9 Å². The summed E-state index contributed by atoms with van der Waals surface area (Å²) in [5, 5.41) is 7.34. The van der Waals surface area contributed by atoms with Gasteiger partial charge in [-0.25, -0.2) is 17.7 Å². The average Bonchev–Trinajstić information content (AvgIpc) is 3.22. The Bertz CT molecular complexity index is 1250. The van der Waals surface area contributed by atoms with Crippen LogP contribution in [0.2, 0.25) is 0 Å². The number of nitrogens with one attached hydrogen (secondary N) is 2. The van der Waals surface area contributed by atoms with E-state index in [1.165, 1.54) is 17.5 Å². The standard InChI is InChI=1S/C23H30N6O3S/c1-16(30)25-15-17-5-4-6-21-20(17)12-14-29(21)22-11-13-24-23(27-22)26-18-7-9-19(10-8-18)28(2)33(3,31)32/h4-6,11-14,18-19H,7-10,15H2,1-3H3,(H,25,30)(H,24,26,27)/t18-,19-. The van der Waals surface area contributed by atoms with Crippen LogP contribution in [0.15, 0.2) is 42.7 Å². The molecule has 1 amide bonds. The lowest BCUT2D eigenvalue weighted by Crippen LogP contribution is -2.41. The summed E-state index contributed by atoms with van der Waals surface area (Å²) < 4.78 is 27.1. The molecule has 2 N–H and O–H groups in total. The molecule has 9 nitrogen and oxygen atoms in total. The maximum Gasteiger partial charge on any atom is 0.224 e. The predicted octanol–water partition coefficient (Wildman–Crippen LogP) is 2.67. The van der Waals surface area contributed by atoms with E-state index in [2.05, 4.69) is 15.6 Å². The Balaban J connectivity index is 1.47. The van der Waals surface area contributed by atoms with E-state index in [9.17, 15) is 13.2 Å². The Kier molecular flexibility index (Phi) is 6.66. The van der Waals surface area contributed by atoms with Gasteiger partial charge in [0, 0.05) is 50.4 Å². The van der Waals surface area contributed by atoms with E-state index in [1.807, 2.05) is 41.1 Å². The zero-order valence-corrected chi connectivity index (χ0v) is 20.0. The van der Waals surface area contributed by atoms with E-state index >= 15 is 0 Å². The molecule has 1 aliphatic carbocycles. The maximum absolute atomic E-state index is 11.8. The highest BCUT2D eigenvalue weighted by atomic mass is 32.2. The van der Waals surface area contributed by atoms with Crippen LogP contribution in [0, 0.1) is 0 Å². The van der Waals surface area contributed by atoms with Crippen LogP contribution in [0.25, 0.3) is 16.7 Å². The van der Waals surface area contributed by atoms with Gasteiger partial charge in [0.25, 0.3) is 0 Å². The Morgan fingerprint density at radius 1 is 1.18 bits per heavy atom. The van der Waals surface area contributed by atoms with Gasteiger partial charge in [-0.3, -0.25) is 4.79 Å². The van der Waals surface area contributed by atoms with Gasteiger partial charge >= 0.3 is 0 Å². The number of amides is 1. The summed E-state index contributed by atoms with van der Waals surface area (Å²) >= 11 is 0. The molecule has 33 heavy (non-hydrogen) atoms. The summed E-state index contributed by atoms with van der Waals surface area (Å²) in [4.78, 5) is 20.4. The van der Waals surface area contributed by atoms with E-state index in [4.69, 9.17) is 4.98 Å². The van der Waals surface area contributed by atoms with E-state index in [0.717, 1.165) is 48.0 Å². The van der Waals surface area contributed by atoms with Crippen LogP contribution in [-0.4, -0.2) is 58.6 Å². The Labute approximate surface area is 194 Å². The molecule has 1 fully saturated rings. The monoisotopic (exact) mass is 470 g/mol. The molecule has 1 aliphatic rings. The third-order valence-electron chi connectivity index (χ3n) is 6.31. The van der Waals surface area contributed by atoms with E-state index in [1.54, 1.807) is 13.2 Å². The van der Waals surface area contributed by atoms with Crippen molar-refractivity contribution in [1.29, 1.82) is 0 Å². The Morgan fingerprint density at radius 2 is 1.94 bits per heavy atom. The molecule has 2 heterocycles. The minimum absolute atomic E-state index is 0.0447. The van der Waals surface area contributed by atoms with Crippen LogP contribution in [0.3, 0.4) is 0 Å². The van der Waals surface area contributed by atoms with Crippen LogP contribution in [0.1, 0.15) is 38.2 Å². The lowest BCUT2D eigenvalue weighted by Gasteiger charge is -2.33. The molecule has 0 aliphatic heterocycles. The third kappa shape index (κ3) is 5.33. The second kappa shape index (κ2) is 9.48. The first kappa shape index (κ1) is 23.2. The third-order valence-corrected chi connectivity index (χ3v) is 7.65. The highest BCUT2D eigenvalue weighted by Crippen LogP contribution is 2.26. The topological polar surface area (TPSA) is 109 Å². The summed E-state index contributed by atoms with van der Waals surface area (Å²) in [7, 11) is -1.52. The molecule has 0 bridgehead atoms. The van der Waals surface area contributed by atoms with Gasteiger partial charge in [0.1, 0.15) is 5.82 Å². The molecule has 0 atom stereocenters. The summed E-state index contributed by atoms with van der Waals surface area (Å²) in [5.74, 6) is 1.25. The molecule has 0 spiro atoms. The number of benzene rings is 1. The van der Waals surface area contributed by atoms with Crippen molar-refractivity contribution in [2.24, 2.45) is 0 Å². The number of rotatable bonds is 7. The van der Waals surface area contributed by atoms with Gasteiger partial charge in [-0.15, -0.1) is 0 Å². The van der Waals surface area contributed by atoms with Crippen molar-refractivity contribution < 1.29 is 13.2 Å². The molecule has 0 saturated heterocycles. The van der Waals surface area contributed by atoms with E-state index in [0.29, 0.717) is 12.5 Å². The molecular weight excluding hydrogens is 440 g/mol. The molecule has 4 rings (SSSR count). The number of aromatic nitrogens is 3. The highest BCUT2D eigenvalue weighted by molar-refractivity contribution is 7.88. The Morgan fingerprint density at radius 3 is 2.64 bits per heavy atom. The second-order valence-corrected chi connectivity index (χ2v) is 10.7. The molecule has 0 radical (unpaired) electrons. The molecule has 1 saturated carbocycles. The van der Waals surface area contributed by atoms with E-state index in [-0.39, 0.29) is 18.0 Å². The van der Waals surface area contributed by atoms with E-state index < -0.39 is 10.0 Å². The normalized spacial score (nSPS) is 19.0. The molecule has 3 aromatic rings. The van der Waals surface area contributed by atoms with Crippen LogP contribution >= 0.6 is 0 Å². The second-order valence-electron chi connectivity index (χ2n) is 8.61. The number of sulfonamides is 1. The number of carbonyl (C=O) groups is 1. The summed E-state index contributed by atoms with van der Waals surface area (Å²) in [6.07, 6.45) is 8.29. The molecule has 1 aromatic carbocycles. The smallest absolute Gasteiger partial charge is 0.224 e. The van der Waals surface area contributed by atoms with Gasteiger partial charge in [0.05, 0.1) is 11.8 Å². The number of nitrogens with zero attached hydrogens (tertiary/aromatic N) is 4. The fourth-order valence-electron chi connectivity index (χ4n) is 4.39. The molecule has 10 heteroatoms. The quantitative estimate of drug-likeness (QED) is 0.550. The number of hydrogen-bond acceptors (Lipinski definition) is 6. The van der Waals surface area contributed by atoms with Crippen molar-refractivity contribution in [3.8, 4) is 5.82 Å². The zero-order valence-electron chi connectivity index (χ0n) is 19.2. The lowest BCUT2D eigenvalue weighted by atomic mass is 9.91.